The number of likely N-dealkylation sites (tertiary alicyclic amines) is 1. The van der Waals surface area contributed by atoms with Crippen LogP contribution in [0.3, 0.4) is 0 Å². The Balaban J connectivity index is 1.14. The van der Waals surface area contributed by atoms with Crippen LogP contribution in [0.2, 0.25) is 0 Å². The van der Waals surface area contributed by atoms with Gasteiger partial charge >= 0.3 is 0 Å². The summed E-state index contributed by atoms with van der Waals surface area (Å²) in [5.41, 5.74) is 3.01. The van der Waals surface area contributed by atoms with Crippen molar-refractivity contribution in [1.29, 1.82) is 0 Å². The van der Waals surface area contributed by atoms with Gasteiger partial charge in [0.1, 0.15) is 0 Å². The van der Waals surface area contributed by atoms with Crippen LogP contribution in [0, 0.1) is 0 Å². The molecule has 0 saturated carbocycles. The van der Waals surface area contributed by atoms with Crippen molar-refractivity contribution >= 4 is 35.2 Å². The number of piperidine rings is 1. The van der Waals surface area contributed by atoms with Crippen LogP contribution in [0.15, 0.2) is 60.9 Å². The summed E-state index contributed by atoms with van der Waals surface area (Å²) in [6.07, 6.45) is 3.31. The number of aliphatic hydroxyl groups excluding tert-OH is 2. The van der Waals surface area contributed by atoms with Crippen LogP contribution >= 0.6 is 0 Å². The molecule has 2 saturated heterocycles. The topological polar surface area (TPSA) is 148 Å². The second kappa shape index (κ2) is 11.9. The van der Waals surface area contributed by atoms with Crippen LogP contribution in [-0.2, 0) is 5.41 Å². The van der Waals surface area contributed by atoms with Gasteiger partial charge in [-0.2, -0.15) is 9.97 Å². The number of hydrogen-bond acceptors (Lipinski definition) is 9. The number of carbonyl (C=O) groups is 2. The Hall–Kier alpha value is -4.55. The Morgan fingerprint density at radius 3 is 2.27 bits per heavy atom. The second-order valence-corrected chi connectivity index (χ2v) is 12.6. The largest absolute Gasteiger partial charge is 0.388 e. The molecule has 12 heteroatoms. The molecule has 2 aromatic carbocycles. The molecule has 0 bridgehead atoms. The number of benzene rings is 2. The molecule has 12 nitrogen and oxygen atoms in total. The Labute approximate surface area is 255 Å². The Morgan fingerprint density at radius 2 is 1.59 bits per heavy atom. The zero-order valence-electron chi connectivity index (χ0n) is 25.1. The highest BCUT2D eigenvalue weighted by Gasteiger charge is 2.33. The van der Waals surface area contributed by atoms with Crippen LogP contribution in [0.1, 0.15) is 59.9 Å². The molecule has 2 aromatic heterocycles. The average Bonchev–Trinajstić information content (AvgIpc) is 3.63. The van der Waals surface area contributed by atoms with E-state index in [1.54, 1.807) is 41.1 Å². The maximum Gasteiger partial charge on any atom is 0.254 e. The standard InChI is InChI=1S/C32H38N8O4/c1-32(2,3)22-10-6-20(7-11-22)27(43)34-24-5-4-15-38(17-24)30-36-29-33-14-16-40(29)31(37-30)35-23-12-8-21(9-13-23)28(44)39-18-25(41)26(42)19-39/h6-14,16,24-26,41-42H,4-5,15,17-19H2,1-3H3,(H,34,43)(H,33,35,36,37). The van der Waals surface area contributed by atoms with Gasteiger partial charge < -0.3 is 30.6 Å². The summed E-state index contributed by atoms with van der Waals surface area (Å²) in [4.78, 5) is 43.3. The van der Waals surface area contributed by atoms with Gasteiger partial charge in [0.25, 0.3) is 11.8 Å². The fourth-order valence-electron chi connectivity index (χ4n) is 5.65. The first kappa shape index (κ1) is 29.5. The van der Waals surface area contributed by atoms with Gasteiger partial charge in [0.2, 0.25) is 17.7 Å². The zero-order chi connectivity index (χ0) is 31.0. The van der Waals surface area contributed by atoms with E-state index in [-0.39, 0.29) is 36.4 Å². The lowest BCUT2D eigenvalue weighted by atomic mass is 9.86. The maximum absolute atomic E-state index is 13.1. The number of rotatable bonds is 6. The number of imidazole rings is 1. The summed E-state index contributed by atoms with van der Waals surface area (Å²) in [7, 11) is 0. The fraction of sp³-hybridized carbons (Fsp3) is 0.406. The third-order valence-corrected chi connectivity index (χ3v) is 8.24. The van der Waals surface area contributed by atoms with Crippen LogP contribution in [-0.4, -0.2) is 90.7 Å². The van der Waals surface area contributed by atoms with E-state index in [2.05, 4.69) is 46.3 Å². The summed E-state index contributed by atoms with van der Waals surface area (Å²) in [5.74, 6) is 1.17. The third kappa shape index (κ3) is 6.22. The molecule has 230 valence electrons. The van der Waals surface area contributed by atoms with Crippen molar-refractivity contribution in [1.82, 2.24) is 29.6 Å². The van der Waals surface area contributed by atoms with Crippen molar-refractivity contribution in [2.24, 2.45) is 0 Å². The predicted octanol–water partition coefficient (Wildman–Crippen LogP) is 2.74. The number of β-amino-alcohol motifs (C(OH)–C–C–N with tert-alkyl or cyclic N) is 2. The van der Waals surface area contributed by atoms with E-state index in [1.165, 1.54) is 10.5 Å². The highest BCUT2D eigenvalue weighted by Crippen LogP contribution is 2.24. The van der Waals surface area contributed by atoms with Crippen molar-refractivity contribution in [2.75, 3.05) is 36.4 Å². The summed E-state index contributed by atoms with van der Waals surface area (Å²) in [5, 5.41) is 26.1. The van der Waals surface area contributed by atoms with Crippen LogP contribution < -0.4 is 15.5 Å². The monoisotopic (exact) mass is 598 g/mol. The first-order valence-corrected chi connectivity index (χ1v) is 14.9. The molecule has 2 aliphatic heterocycles. The molecule has 2 amide bonds. The molecule has 2 aliphatic rings. The lowest BCUT2D eigenvalue weighted by molar-refractivity contribution is 0.0572. The average molecular weight is 599 g/mol. The van der Waals surface area contributed by atoms with Crippen LogP contribution in [0.5, 0.6) is 0 Å². The van der Waals surface area contributed by atoms with E-state index in [9.17, 15) is 19.8 Å². The highest BCUT2D eigenvalue weighted by molar-refractivity contribution is 5.95. The minimum Gasteiger partial charge on any atom is -0.388 e. The van der Waals surface area contributed by atoms with E-state index in [0.717, 1.165) is 19.4 Å². The quantitative estimate of drug-likeness (QED) is 0.263. The van der Waals surface area contributed by atoms with Crippen molar-refractivity contribution in [2.45, 2.75) is 57.3 Å². The van der Waals surface area contributed by atoms with Crippen molar-refractivity contribution in [3.05, 3.63) is 77.6 Å². The molecular formula is C32H38N8O4. The minimum atomic E-state index is -0.929. The fourth-order valence-corrected chi connectivity index (χ4v) is 5.65. The lowest BCUT2D eigenvalue weighted by Crippen LogP contribution is -2.48. The first-order valence-electron chi connectivity index (χ1n) is 14.9. The molecule has 0 aliphatic carbocycles. The molecule has 4 heterocycles. The van der Waals surface area contributed by atoms with Gasteiger partial charge in [-0.25, -0.2) is 4.98 Å². The highest BCUT2D eigenvalue weighted by atomic mass is 16.3. The van der Waals surface area contributed by atoms with Crippen molar-refractivity contribution in [3.63, 3.8) is 0 Å². The number of anilines is 3. The smallest absolute Gasteiger partial charge is 0.254 e. The molecule has 3 unspecified atom stereocenters. The number of carbonyl (C=O) groups excluding carboxylic acids is 2. The van der Waals surface area contributed by atoms with Crippen molar-refractivity contribution < 1.29 is 19.8 Å². The molecular weight excluding hydrogens is 560 g/mol. The van der Waals surface area contributed by atoms with Gasteiger partial charge in [0.05, 0.1) is 12.2 Å². The number of nitrogens with zero attached hydrogens (tertiary/aromatic N) is 6. The molecule has 4 aromatic rings. The van der Waals surface area contributed by atoms with Gasteiger partial charge in [-0.3, -0.25) is 14.0 Å². The molecule has 44 heavy (non-hydrogen) atoms. The lowest BCUT2D eigenvalue weighted by Gasteiger charge is -2.33. The summed E-state index contributed by atoms with van der Waals surface area (Å²) in [6, 6.07) is 14.7. The van der Waals surface area contributed by atoms with Gasteiger partial charge in [-0.1, -0.05) is 32.9 Å². The van der Waals surface area contributed by atoms with E-state index in [0.29, 0.717) is 41.0 Å². The Kier molecular flexibility index (Phi) is 7.95. The zero-order valence-corrected chi connectivity index (χ0v) is 25.1. The molecule has 4 N–H and O–H groups in total. The van der Waals surface area contributed by atoms with Gasteiger partial charge in [-0.05, 0) is 60.2 Å². The van der Waals surface area contributed by atoms with E-state index >= 15 is 0 Å². The molecule has 0 radical (unpaired) electrons. The first-order chi connectivity index (χ1) is 21.0. The summed E-state index contributed by atoms with van der Waals surface area (Å²) >= 11 is 0. The summed E-state index contributed by atoms with van der Waals surface area (Å²) < 4.78 is 1.75. The predicted molar refractivity (Wildman–Crippen MR) is 166 cm³/mol. The van der Waals surface area contributed by atoms with E-state index in [4.69, 9.17) is 4.98 Å². The number of hydrogen-bond donors (Lipinski definition) is 4. The normalized spacial score (nSPS) is 20.6. The maximum atomic E-state index is 13.1. The number of aliphatic hydroxyl groups is 2. The van der Waals surface area contributed by atoms with Crippen LogP contribution in [0.4, 0.5) is 17.6 Å². The molecule has 2 fully saturated rings. The SMILES string of the molecule is CC(C)(C)c1ccc(C(=O)NC2CCCN(c3nc(Nc4ccc(C(=O)N5CC(O)C(O)C5)cc4)n4ccnc4n3)C2)cc1. The number of nitrogens with one attached hydrogen (secondary N) is 2. The number of amides is 2. The Bertz CT molecular complexity index is 1640. The van der Waals surface area contributed by atoms with Crippen molar-refractivity contribution in [3.8, 4) is 0 Å². The number of fused-ring (bicyclic) bond motifs is 1. The summed E-state index contributed by atoms with van der Waals surface area (Å²) in [6.45, 7) is 7.98. The van der Waals surface area contributed by atoms with Gasteiger partial charge in [0, 0.05) is 61.4 Å². The Morgan fingerprint density at radius 1 is 0.909 bits per heavy atom. The molecule has 3 atom stereocenters. The van der Waals surface area contributed by atoms with E-state index in [1.807, 2.05) is 24.3 Å². The van der Waals surface area contributed by atoms with E-state index < -0.39 is 12.2 Å². The number of aromatic nitrogens is 4. The van der Waals surface area contributed by atoms with Gasteiger partial charge in [0.15, 0.2) is 0 Å². The third-order valence-electron chi connectivity index (χ3n) is 8.24. The van der Waals surface area contributed by atoms with Crippen LogP contribution in [0.25, 0.3) is 5.78 Å². The van der Waals surface area contributed by atoms with Gasteiger partial charge in [-0.15, -0.1) is 0 Å². The second-order valence-electron chi connectivity index (χ2n) is 12.6. The minimum absolute atomic E-state index is 0.0228. The molecule has 6 rings (SSSR count). The molecule has 0 spiro atoms.